The lowest BCUT2D eigenvalue weighted by Gasteiger charge is -2.08. The van der Waals surface area contributed by atoms with Gasteiger partial charge in [0.2, 0.25) is 0 Å². The van der Waals surface area contributed by atoms with Crippen molar-refractivity contribution in [2.45, 2.75) is 13.8 Å². The molecule has 0 spiro atoms. The van der Waals surface area contributed by atoms with Crippen molar-refractivity contribution in [3.8, 4) is 5.75 Å². The summed E-state index contributed by atoms with van der Waals surface area (Å²) in [6.45, 7) is 3.16. The summed E-state index contributed by atoms with van der Waals surface area (Å²) >= 11 is 0. The Balaban J connectivity index is 1.92. The number of carboxylic acids is 1. The molecule has 1 heterocycles. The van der Waals surface area contributed by atoms with Gasteiger partial charge in [-0.1, -0.05) is 5.16 Å². The van der Waals surface area contributed by atoms with Gasteiger partial charge in [0.15, 0.2) is 12.4 Å². The Hall–Kier alpha value is -2.83. The summed E-state index contributed by atoms with van der Waals surface area (Å²) in [7, 11) is 0. The third-order valence-corrected chi connectivity index (χ3v) is 2.69. The highest BCUT2D eigenvalue weighted by molar-refractivity contribution is 5.91. The summed E-state index contributed by atoms with van der Waals surface area (Å²) in [6.07, 6.45) is 0. The van der Waals surface area contributed by atoms with Crippen LogP contribution < -0.4 is 10.1 Å². The monoisotopic (exact) mass is 290 g/mol. The number of aryl methyl sites for hydroxylation is 2. The maximum absolute atomic E-state index is 11.6. The third kappa shape index (κ3) is 3.82. The van der Waals surface area contributed by atoms with Crippen molar-refractivity contribution in [1.29, 1.82) is 0 Å². The molecule has 0 fully saturated rings. The fourth-order valence-electron chi connectivity index (χ4n) is 1.72. The molecule has 0 atom stereocenters. The summed E-state index contributed by atoms with van der Waals surface area (Å²) in [5.41, 5.74) is 0.761. The van der Waals surface area contributed by atoms with Gasteiger partial charge in [-0.05, 0) is 37.6 Å². The standard InChI is InChI=1S/C14H14N2O5/c1-8-5-10(3-4-11(8)14(18)19)20-7-13(17)15-12-6-9(2)21-16-12/h3-6H,7H2,1-2H3,(H,18,19)(H,15,16,17). The Morgan fingerprint density at radius 2 is 2.10 bits per heavy atom. The predicted octanol–water partition coefficient (Wildman–Crippen LogP) is 2.01. The van der Waals surface area contributed by atoms with Crippen molar-refractivity contribution >= 4 is 17.7 Å². The molecule has 0 bridgehead atoms. The number of hydrogen-bond acceptors (Lipinski definition) is 5. The number of benzene rings is 1. The number of nitrogens with one attached hydrogen (secondary N) is 1. The number of aromatic carboxylic acids is 1. The normalized spacial score (nSPS) is 10.2. The van der Waals surface area contributed by atoms with E-state index >= 15 is 0 Å². The van der Waals surface area contributed by atoms with Crippen LogP contribution >= 0.6 is 0 Å². The first-order valence-corrected chi connectivity index (χ1v) is 6.15. The van der Waals surface area contributed by atoms with Crippen LogP contribution in [0.3, 0.4) is 0 Å². The second kappa shape index (κ2) is 6.08. The molecule has 7 nitrogen and oxygen atoms in total. The van der Waals surface area contributed by atoms with Crippen LogP contribution in [-0.4, -0.2) is 28.7 Å². The van der Waals surface area contributed by atoms with Crippen LogP contribution in [0.5, 0.6) is 5.75 Å². The van der Waals surface area contributed by atoms with Crippen LogP contribution in [0.25, 0.3) is 0 Å². The number of aromatic nitrogens is 1. The Labute approximate surface area is 120 Å². The maximum Gasteiger partial charge on any atom is 0.335 e. The largest absolute Gasteiger partial charge is 0.484 e. The second-order valence-corrected chi connectivity index (χ2v) is 4.44. The molecule has 2 aromatic rings. The van der Waals surface area contributed by atoms with Crippen LogP contribution in [0.1, 0.15) is 21.7 Å². The number of rotatable bonds is 5. The zero-order valence-corrected chi connectivity index (χ0v) is 11.5. The molecule has 110 valence electrons. The SMILES string of the molecule is Cc1cc(NC(=O)COc2ccc(C(=O)O)c(C)c2)no1. The molecule has 21 heavy (non-hydrogen) atoms. The van der Waals surface area contributed by atoms with Gasteiger partial charge in [0, 0.05) is 6.07 Å². The van der Waals surface area contributed by atoms with Gasteiger partial charge in [0.1, 0.15) is 11.5 Å². The highest BCUT2D eigenvalue weighted by atomic mass is 16.5. The van der Waals surface area contributed by atoms with E-state index in [1.807, 2.05) is 0 Å². The number of amides is 1. The number of carbonyl (C=O) groups excluding carboxylic acids is 1. The molecule has 1 aromatic heterocycles. The Morgan fingerprint density at radius 1 is 1.33 bits per heavy atom. The van der Waals surface area contributed by atoms with Gasteiger partial charge in [0.05, 0.1) is 5.56 Å². The quantitative estimate of drug-likeness (QED) is 0.873. The van der Waals surface area contributed by atoms with Gasteiger partial charge in [-0.2, -0.15) is 0 Å². The van der Waals surface area contributed by atoms with Gasteiger partial charge in [-0.25, -0.2) is 4.79 Å². The minimum absolute atomic E-state index is 0.199. The molecular weight excluding hydrogens is 276 g/mol. The summed E-state index contributed by atoms with van der Waals surface area (Å²) in [5.74, 6) is -0.0601. The van der Waals surface area contributed by atoms with Crippen LogP contribution in [-0.2, 0) is 4.79 Å². The minimum Gasteiger partial charge on any atom is -0.484 e. The average molecular weight is 290 g/mol. The molecular formula is C14H14N2O5. The summed E-state index contributed by atoms with van der Waals surface area (Å²) in [6, 6.07) is 6.09. The van der Waals surface area contributed by atoms with Crippen LogP contribution in [0.15, 0.2) is 28.8 Å². The van der Waals surface area contributed by atoms with Crippen LogP contribution in [0, 0.1) is 13.8 Å². The molecule has 0 unspecified atom stereocenters. The van der Waals surface area contributed by atoms with Crippen LogP contribution in [0.4, 0.5) is 5.82 Å². The van der Waals surface area contributed by atoms with Crippen LogP contribution in [0.2, 0.25) is 0 Å². The fourth-order valence-corrected chi connectivity index (χ4v) is 1.72. The lowest BCUT2D eigenvalue weighted by atomic mass is 10.1. The highest BCUT2D eigenvalue weighted by Crippen LogP contribution is 2.17. The van der Waals surface area contributed by atoms with Gasteiger partial charge in [-0.15, -0.1) is 0 Å². The molecule has 0 aliphatic heterocycles. The van der Waals surface area contributed by atoms with Gasteiger partial charge in [-0.3, -0.25) is 4.79 Å². The van der Waals surface area contributed by atoms with Crippen molar-refractivity contribution in [2.24, 2.45) is 0 Å². The summed E-state index contributed by atoms with van der Waals surface area (Å²) in [5, 5.41) is 15.1. The molecule has 0 radical (unpaired) electrons. The van der Waals surface area contributed by atoms with E-state index in [-0.39, 0.29) is 18.1 Å². The zero-order valence-electron chi connectivity index (χ0n) is 11.5. The number of carboxylic acid groups (broad SMARTS) is 1. The molecule has 7 heteroatoms. The Morgan fingerprint density at radius 3 is 2.67 bits per heavy atom. The van der Waals surface area contributed by atoms with Gasteiger partial charge >= 0.3 is 5.97 Å². The number of hydrogen-bond donors (Lipinski definition) is 2. The highest BCUT2D eigenvalue weighted by Gasteiger charge is 2.10. The van der Waals surface area contributed by atoms with E-state index in [4.69, 9.17) is 14.4 Å². The fraction of sp³-hybridized carbons (Fsp3) is 0.214. The van der Waals surface area contributed by atoms with Crippen molar-refractivity contribution in [3.63, 3.8) is 0 Å². The maximum atomic E-state index is 11.6. The van der Waals surface area contributed by atoms with Crippen molar-refractivity contribution in [1.82, 2.24) is 5.16 Å². The molecule has 1 aromatic carbocycles. The molecule has 2 rings (SSSR count). The van der Waals surface area contributed by atoms with Gasteiger partial charge < -0.3 is 19.7 Å². The second-order valence-electron chi connectivity index (χ2n) is 4.44. The molecule has 0 aliphatic rings. The molecule has 0 saturated carbocycles. The van der Waals surface area contributed by atoms with E-state index in [0.717, 1.165) is 0 Å². The van der Waals surface area contributed by atoms with Crippen molar-refractivity contribution in [3.05, 3.63) is 41.2 Å². The number of ether oxygens (including phenoxy) is 1. The van der Waals surface area contributed by atoms with E-state index in [9.17, 15) is 9.59 Å². The molecule has 1 amide bonds. The molecule has 0 aliphatic carbocycles. The lowest BCUT2D eigenvalue weighted by molar-refractivity contribution is -0.118. The third-order valence-electron chi connectivity index (χ3n) is 2.69. The van der Waals surface area contributed by atoms with E-state index in [2.05, 4.69) is 10.5 Å². The number of carbonyl (C=O) groups is 2. The topological polar surface area (TPSA) is 102 Å². The van der Waals surface area contributed by atoms with E-state index < -0.39 is 5.97 Å². The van der Waals surface area contributed by atoms with Crippen molar-refractivity contribution in [2.75, 3.05) is 11.9 Å². The summed E-state index contributed by atoms with van der Waals surface area (Å²) in [4.78, 5) is 22.5. The first kappa shape index (κ1) is 14.6. The predicted molar refractivity (Wildman–Crippen MR) is 73.5 cm³/mol. The van der Waals surface area contributed by atoms with Crippen molar-refractivity contribution < 1.29 is 24.0 Å². The smallest absolute Gasteiger partial charge is 0.335 e. The van der Waals surface area contributed by atoms with E-state index in [0.29, 0.717) is 22.9 Å². The Kier molecular flexibility index (Phi) is 4.22. The van der Waals surface area contributed by atoms with E-state index in [1.54, 1.807) is 26.0 Å². The minimum atomic E-state index is -1.00. The number of anilines is 1. The average Bonchev–Trinajstić information content (AvgIpc) is 2.81. The van der Waals surface area contributed by atoms with Gasteiger partial charge in [0.25, 0.3) is 5.91 Å². The van der Waals surface area contributed by atoms with E-state index in [1.165, 1.54) is 12.1 Å². The Bertz CT molecular complexity index is 678. The lowest BCUT2D eigenvalue weighted by Crippen LogP contribution is -2.20. The first-order valence-electron chi connectivity index (χ1n) is 6.15. The number of nitrogens with zero attached hydrogens (tertiary/aromatic N) is 1. The molecule has 0 saturated heterocycles. The molecule has 2 N–H and O–H groups in total. The first-order chi connectivity index (χ1) is 9.95. The summed E-state index contributed by atoms with van der Waals surface area (Å²) < 4.78 is 10.1. The zero-order chi connectivity index (χ0) is 15.4.